The SMILES string of the molecule is CCCCOC(=O)c1ccc(NC(=O)NCc2cc(F)ccc2C)cc1. The number of carbonyl (C=O) groups is 2. The summed E-state index contributed by atoms with van der Waals surface area (Å²) in [7, 11) is 0. The van der Waals surface area contributed by atoms with E-state index in [4.69, 9.17) is 4.74 Å². The molecule has 0 aliphatic heterocycles. The Hall–Kier alpha value is -2.89. The van der Waals surface area contributed by atoms with Crippen LogP contribution in [-0.4, -0.2) is 18.6 Å². The van der Waals surface area contributed by atoms with Gasteiger partial charge in [-0.15, -0.1) is 0 Å². The number of aryl methyl sites for hydroxylation is 1. The summed E-state index contributed by atoms with van der Waals surface area (Å²) in [4.78, 5) is 23.8. The Kier molecular flexibility index (Phi) is 7.14. The first-order chi connectivity index (χ1) is 12.5. The van der Waals surface area contributed by atoms with Gasteiger partial charge in [-0.3, -0.25) is 0 Å². The van der Waals surface area contributed by atoms with E-state index in [0.717, 1.165) is 18.4 Å². The summed E-state index contributed by atoms with van der Waals surface area (Å²) in [6.45, 7) is 4.50. The highest BCUT2D eigenvalue weighted by molar-refractivity contribution is 5.92. The number of ether oxygens (including phenoxy) is 1. The molecular formula is C20H23FN2O3. The Labute approximate surface area is 152 Å². The molecule has 2 amide bonds. The lowest BCUT2D eigenvalue weighted by atomic mass is 10.1. The molecule has 2 aromatic carbocycles. The van der Waals surface area contributed by atoms with E-state index in [2.05, 4.69) is 10.6 Å². The van der Waals surface area contributed by atoms with Gasteiger partial charge in [0.1, 0.15) is 5.82 Å². The second kappa shape index (κ2) is 9.56. The van der Waals surface area contributed by atoms with Crippen LogP contribution in [0.15, 0.2) is 42.5 Å². The topological polar surface area (TPSA) is 67.4 Å². The van der Waals surface area contributed by atoms with Crippen molar-refractivity contribution in [3.05, 3.63) is 65.0 Å². The highest BCUT2D eigenvalue weighted by atomic mass is 19.1. The summed E-state index contributed by atoms with van der Waals surface area (Å²) in [5, 5.41) is 5.35. The zero-order chi connectivity index (χ0) is 18.9. The average molecular weight is 358 g/mol. The van der Waals surface area contributed by atoms with Gasteiger partial charge in [0.2, 0.25) is 0 Å². The Balaban J connectivity index is 1.85. The summed E-state index contributed by atoms with van der Waals surface area (Å²) in [5.74, 6) is -0.717. The summed E-state index contributed by atoms with van der Waals surface area (Å²) >= 11 is 0. The molecule has 0 spiro atoms. The van der Waals surface area contributed by atoms with Crippen LogP contribution in [0.1, 0.15) is 41.3 Å². The molecule has 2 aromatic rings. The van der Waals surface area contributed by atoms with Crippen LogP contribution in [0.3, 0.4) is 0 Å². The molecule has 0 saturated heterocycles. The first-order valence-electron chi connectivity index (χ1n) is 8.56. The molecule has 0 aliphatic rings. The normalized spacial score (nSPS) is 10.3. The van der Waals surface area contributed by atoms with Crippen LogP contribution in [0.25, 0.3) is 0 Å². The van der Waals surface area contributed by atoms with Crippen molar-refractivity contribution in [2.75, 3.05) is 11.9 Å². The number of esters is 1. The minimum Gasteiger partial charge on any atom is -0.462 e. The van der Waals surface area contributed by atoms with Gasteiger partial charge in [0.25, 0.3) is 0 Å². The standard InChI is InChI=1S/C20H23FN2O3/c1-3-4-11-26-19(24)15-6-9-18(10-7-15)23-20(25)22-13-16-12-17(21)8-5-14(16)2/h5-10,12H,3-4,11,13H2,1-2H3,(H2,22,23,25). The second-order valence-electron chi connectivity index (χ2n) is 5.95. The average Bonchev–Trinajstić information content (AvgIpc) is 2.63. The third kappa shape index (κ3) is 5.88. The number of hydrogen-bond donors (Lipinski definition) is 2. The highest BCUT2D eigenvalue weighted by Crippen LogP contribution is 2.12. The van der Waals surface area contributed by atoms with Crippen LogP contribution in [0, 0.1) is 12.7 Å². The largest absolute Gasteiger partial charge is 0.462 e. The quantitative estimate of drug-likeness (QED) is 0.569. The second-order valence-corrected chi connectivity index (χ2v) is 5.95. The van der Waals surface area contributed by atoms with Crippen LogP contribution in [0.5, 0.6) is 0 Å². The lowest BCUT2D eigenvalue weighted by molar-refractivity contribution is 0.0500. The zero-order valence-corrected chi connectivity index (χ0v) is 15.0. The van der Waals surface area contributed by atoms with Crippen molar-refractivity contribution in [1.82, 2.24) is 5.32 Å². The van der Waals surface area contributed by atoms with Gasteiger partial charge < -0.3 is 15.4 Å². The molecule has 5 nitrogen and oxygen atoms in total. The number of anilines is 1. The molecule has 2 rings (SSSR count). The van der Waals surface area contributed by atoms with Crippen LogP contribution in [0.2, 0.25) is 0 Å². The smallest absolute Gasteiger partial charge is 0.338 e. The maximum atomic E-state index is 13.3. The van der Waals surface area contributed by atoms with E-state index in [1.54, 1.807) is 30.3 Å². The van der Waals surface area contributed by atoms with Crippen LogP contribution < -0.4 is 10.6 Å². The molecule has 0 heterocycles. The summed E-state index contributed by atoms with van der Waals surface area (Å²) in [5.41, 5.74) is 2.59. The summed E-state index contributed by atoms with van der Waals surface area (Å²) in [6.07, 6.45) is 1.79. The van der Waals surface area contributed by atoms with Crippen molar-refractivity contribution in [1.29, 1.82) is 0 Å². The fraction of sp³-hybridized carbons (Fsp3) is 0.300. The number of carbonyl (C=O) groups excluding carboxylic acids is 2. The Bertz CT molecular complexity index is 760. The lowest BCUT2D eigenvalue weighted by Gasteiger charge is -2.10. The van der Waals surface area contributed by atoms with E-state index >= 15 is 0 Å². The van der Waals surface area contributed by atoms with Gasteiger partial charge >= 0.3 is 12.0 Å². The van der Waals surface area contributed by atoms with Crippen molar-refractivity contribution in [2.24, 2.45) is 0 Å². The molecule has 0 saturated carbocycles. The molecule has 0 atom stereocenters. The molecule has 0 fully saturated rings. The first kappa shape index (κ1) is 19.4. The van der Waals surface area contributed by atoms with E-state index in [1.807, 2.05) is 13.8 Å². The molecule has 0 aliphatic carbocycles. The van der Waals surface area contributed by atoms with Crippen molar-refractivity contribution in [3.63, 3.8) is 0 Å². The number of unbranched alkanes of at least 4 members (excludes halogenated alkanes) is 1. The number of hydrogen-bond acceptors (Lipinski definition) is 3. The van der Waals surface area contributed by atoms with E-state index in [-0.39, 0.29) is 18.3 Å². The van der Waals surface area contributed by atoms with Crippen LogP contribution >= 0.6 is 0 Å². The third-order valence-electron chi connectivity index (χ3n) is 3.86. The monoisotopic (exact) mass is 358 g/mol. The summed E-state index contributed by atoms with van der Waals surface area (Å²) < 4.78 is 18.4. The molecule has 138 valence electrons. The van der Waals surface area contributed by atoms with Gasteiger partial charge in [-0.1, -0.05) is 19.4 Å². The van der Waals surface area contributed by atoms with Gasteiger partial charge in [0.15, 0.2) is 0 Å². The lowest BCUT2D eigenvalue weighted by Crippen LogP contribution is -2.28. The maximum absolute atomic E-state index is 13.3. The van der Waals surface area contributed by atoms with Gasteiger partial charge in [0.05, 0.1) is 12.2 Å². The number of rotatable bonds is 7. The molecule has 0 radical (unpaired) electrons. The summed E-state index contributed by atoms with van der Waals surface area (Å²) in [6, 6.07) is 10.5. The van der Waals surface area contributed by atoms with Gasteiger partial charge in [-0.25, -0.2) is 14.0 Å². The number of nitrogens with one attached hydrogen (secondary N) is 2. The fourth-order valence-electron chi connectivity index (χ4n) is 2.26. The zero-order valence-electron chi connectivity index (χ0n) is 15.0. The Morgan fingerprint density at radius 2 is 1.85 bits per heavy atom. The highest BCUT2D eigenvalue weighted by Gasteiger charge is 2.08. The predicted octanol–water partition coefficient (Wildman–Crippen LogP) is 4.41. The van der Waals surface area contributed by atoms with Crippen molar-refractivity contribution in [3.8, 4) is 0 Å². The molecule has 26 heavy (non-hydrogen) atoms. The third-order valence-corrected chi connectivity index (χ3v) is 3.86. The number of urea groups is 1. The Morgan fingerprint density at radius 3 is 2.54 bits per heavy atom. The van der Waals surface area contributed by atoms with E-state index in [0.29, 0.717) is 23.4 Å². The van der Waals surface area contributed by atoms with Crippen molar-refractivity contribution < 1.29 is 18.7 Å². The van der Waals surface area contributed by atoms with E-state index in [9.17, 15) is 14.0 Å². The number of amides is 2. The van der Waals surface area contributed by atoms with Crippen LogP contribution in [0.4, 0.5) is 14.9 Å². The molecule has 0 aromatic heterocycles. The maximum Gasteiger partial charge on any atom is 0.338 e. The van der Waals surface area contributed by atoms with Crippen LogP contribution in [-0.2, 0) is 11.3 Å². The molecule has 0 bridgehead atoms. The Morgan fingerprint density at radius 1 is 1.12 bits per heavy atom. The molecule has 0 unspecified atom stereocenters. The van der Waals surface area contributed by atoms with Gasteiger partial charge in [0, 0.05) is 12.2 Å². The van der Waals surface area contributed by atoms with E-state index < -0.39 is 6.03 Å². The van der Waals surface area contributed by atoms with Crippen molar-refractivity contribution in [2.45, 2.75) is 33.2 Å². The number of halogens is 1. The van der Waals surface area contributed by atoms with Gasteiger partial charge in [-0.2, -0.15) is 0 Å². The minimum atomic E-state index is -0.410. The molecule has 6 heteroatoms. The molecule has 2 N–H and O–H groups in total. The minimum absolute atomic E-state index is 0.220. The van der Waals surface area contributed by atoms with E-state index in [1.165, 1.54) is 12.1 Å². The first-order valence-corrected chi connectivity index (χ1v) is 8.56. The van der Waals surface area contributed by atoms with Crippen molar-refractivity contribution >= 4 is 17.7 Å². The molecular weight excluding hydrogens is 335 g/mol. The predicted molar refractivity (Wildman–Crippen MR) is 98.6 cm³/mol. The fourth-order valence-corrected chi connectivity index (χ4v) is 2.26. The van der Waals surface area contributed by atoms with Gasteiger partial charge in [-0.05, 0) is 60.9 Å². The number of benzene rings is 2.